The second kappa shape index (κ2) is 9.32. The lowest BCUT2D eigenvalue weighted by atomic mass is 10.00. The van der Waals surface area contributed by atoms with Gasteiger partial charge in [-0.05, 0) is 37.6 Å². The third-order valence-corrected chi connectivity index (χ3v) is 5.12. The van der Waals surface area contributed by atoms with E-state index >= 15 is 0 Å². The molecule has 1 aromatic rings. The Balaban J connectivity index is 1.94. The van der Waals surface area contributed by atoms with Crippen LogP contribution < -0.4 is 10.6 Å². The number of benzene rings is 1. The summed E-state index contributed by atoms with van der Waals surface area (Å²) in [6.45, 7) is 13.9. The van der Waals surface area contributed by atoms with E-state index in [9.17, 15) is 4.79 Å². The molecule has 1 aliphatic rings. The quantitative estimate of drug-likeness (QED) is 0.797. The monoisotopic (exact) mass is 346 g/mol. The maximum atomic E-state index is 11.2. The number of carbonyl (C=O) groups is 1. The van der Waals surface area contributed by atoms with Crippen LogP contribution >= 0.6 is 0 Å². The maximum absolute atomic E-state index is 11.2. The largest absolute Gasteiger partial charge is 0.326 e. The summed E-state index contributed by atoms with van der Waals surface area (Å²) < 4.78 is 0. The minimum Gasteiger partial charge on any atom is -0.326 e. The molecule has 1 aromatic carbocycles. The topological polar surface area (TPSA) is 47.6 Å². The standard InChI is InChI=1S/C20H34N4O/c1-15(2)20(24-11-9-23(5)10-12-24)14-21-16(3)18-7-6-8-19(13-18)22-17(4)25/h6-8,13,15-16,20-21H,9-12,14H2,1-5H3,(H,22,25). The van der Waals surface area contributed by atoms with E-state index in [1.54, 1.807) is 0 Å². The van der Waals surface area contributed by atoms with E-state index in [2.05, 4.69) is 60.4 Å². The van der Waals surface area contributed by atoms with Crippen LogP contribution in [-0.2, 0) is 4.79 Å². The van der Waals surface area contributed by atoms with Gasteiger partial charge < -0.3 is 15.5 Å². The summed E-state index contributed by atoms with van der Waals surface area (Å²) >= 11 is 0. The molecule has 1 saturated heterocycles. The van der Waals surface area contributed by atoms with Gasteiger partial charge in [0.1, 0.15) is 0 Å². The molecule has 0 spiro atoms. The van der Waals surface area contributed by atoms with Gasteiger partial charge in [-0.1, -0.05) is 26.0 Å². The number of hydrogen-bond donors (Lipinski definition) is 2. The number of piperazine rings is 1. The zero-order valence-electron chi connectivity index (χ0n) is 16.4. The molecule has 2 N–H and O–H groups in total. The van der Waals surface area contributed by atoms with E-state index < -0.39 is 0 Å². The van der Waals surface area contributed by atoms with Crippen LogP contribution in [0.5, 0.6) is 0 Å². The Bertz CT molecular complexity index is 552. The van der Waals surface area contributed by atoms with Crippen molar-refractivity contribution in [3.8, 4) is 0 Å². The van der Waals surface area contributed by atoms with Crippen molar-refractivity contribution in [1.82, 2.24) is 15.1 Å². The van der Waals surface area contributed by atoms with Crippen molar-refractivity contribution < 1.29 is 4.79 Å². The van der Waals surface area contributed by atoms with E-state index in [0.29, 0.717) is 12.0 Å². The summed E-state index contributed by atoms with van der Waals surface area (Å²) in [6, 6.07) is 8.90. The molecule has 0 aliphatic carbocycles. The van der Waals surface area contributed by atoms with E-state index in [-0.39, 0.29) is 11.9 Å². The second-order valence-electron chi connectivity index (χ2n) is 7.59. The van der Waals surface area contributed by atoms with Gasteiger partial charge in [0.2, 0.25) is 5.91 Å². The Morgan fingerprint density at radius 1 is 1.16 bits per heavy atom. The lowest BCUT2D eigenvalue weighted by molar-refractivity contribution is -0.114. The first kappa shape index (κ1) is 19.9. The van der Waals surface area contributed by atoms with Gasteiger partial charge in [-0.2, -0.15) is 0 Å². The highest BCUT2D eigenvalue weighted by atomic mass is 16.1. The molecular formula is C20H34N4O. The predicted molar refractivity (Wildman–Crippen MR) is 105 cm³/mol. The molecule has 140 valence electrons. The van der Waals surface area contributed by atoms with E-state index in [0.717, 1.165) is 38.4 Å². The van der Waals surface area contributed by atoms with Crippen molar-refractivity contribution in [2.75, 3.05) is 45.1 Å². The van der Waals surface area contributed by atoms with E-state index in [1.165, 1.54) is 12.5 Å². The van der Waals surface area contributed by atoms with Gasteiger partial charge in [-0.15, -0.1) is 0 Å². The smallest absolute Gasteiger partial charge is 0.221 e. The molecule has 5 heteroatoms. The molecule has 1 aliphatic heterocycles. The van der Waals surface area contributed by atoms with Crippen molar-refractivity contribution in [3.63, 3.8) is 0 Å². The number of carbonyl (C=O) groups excluding carboxylic acids is 1. The third-order valence-electron chi connectivity index (χ3n) is 5.12. The lowest BCUT2D eigenvalue weighted by Crippen LogP contribution is -2.53. The molecule has 1 amide bonds. The molecule has 1 heterocycles. The minimum absolute atomic E-state index is 0.0345. The molecule has 2 unspecified atom stereocenters. The fourth-order valence-electron chi connectivity index (χ4n) is 3.44. The van der Waals surface area contributed by atoms with Crippen LogP contribution in [0.25, 0.3) is 0 Å². The summed E-state index contributed by atoms with van der Waals surface area (Å²) in [5.74, 6) is 0.585. The highest BCUT2D eigenvalue weighted by Crippen LogP contribution is 2.19. The van der Waals surface area contributed by atoms with Crippen LogP contribution in [0.15, 0.2) is 24.3 Å². The van der Waals surface area contributed by atoms with Crippen molar-refractivity contribution in [2.45, 2.75) is 39.8 Å². The molecule has 0 aromatic heterocycles. The number of amides is 1. The third kappa shape index (κ3) is 6.10. The molecular weight excluding hydrogens is 312 g/mol. The number of likely N-dealkylation sites (N-methyl/N-ethyl adjacent to an activating group) is 1. The number of nitrogens with zero attached hydrogens (tertiary/aromatic N) is 2. The highest BCUT2D eigenvalue weighted by Gasteiger charge is 2.25. The number of anilines is 1. The lowest BCUT2D eigenvalue weighted by Gasteiger charge is -2.40. The van der Waals surface area contributed by atoms with Crippen molar-refractivity contribution in [2.24, 2.45) is 5.92 Å². The summed E-state index contributed by atoms with van der Waals surface area (Å²) in [6.07, 6.45) is 0. The van der Waals surface area contributed by atoms with Crippen LogP contribution in [0.3, 0.4) is 0 Å². The Kier molecular flexibility index (Phi) is 7.41. The zero-order chi connectivity index (χ0) is 18.4. The first-order chi connectivity index (χ1) is 11.9. The number of hydrogen-bond acceptors (Lipinski definition) is 4. The van der Waals surface area contributed by atoms with E-state index in [4.69, 9.17) is 0 Å². The average Bonchev–Trinajstić information content (AvgIpc) is 2.56. The Morgan fingerprint density at radius 2 is 1.84 bits per heavy atom. The minimum atomic E-state index is -0.0345. The summed E-state index contributed by atoms with van der Waals surface area (Å²) in [7, 11) is 2.20. The van der Waals surface area contributed by atoms with Crippen LogP contribution in [0.2, 0.25) is 0 Å². The Morgan fingerprint density at radius 3 is 2.44 bits per heavy atom. The fourth-order valence-corrected chi connectivity index (χ4v) is 3.44. The second-order valence-corrected chi connectivity index (χ2v) is 7.59. The van der Waals surface area contributed by atoms with Crippen molar-refractivity contribution in [3.05, 3.63) is 29.8 Å². The first-order valence-corrected chi connectivity index (χ1v) is 9.40. The van der Waals surface area contributed by atoms with Crippen LogP contribution in [0.4, 0.5) is 5.69 Å². The molecule has 0 saturated carbocycles. The van der Waals surface area contributed by atoms with Crippen LogP contribution in [0.1, 0.15) is 39.3 Å². The Hall–Kier alpha value is -1.43. The molecule has 1 fully saturated rings. The Labute approximate surface area is 152 Å². The van der Waals surface area contributed by atoms with E-state index in [1.807, 2.05) is 12.1 Å². The summed E-state index contributed by atoms with van der Waals surface area (Å²) in [5.41, 5.74) is 2.06. The predicted octanol–water partition coefficient (Wildman–Crippen LogP) is 2.57. The highest BCUT2D eigenvalue weighted by molar-refractivity contribution is 5.88. The van der Waals surface area contributed by atoms with Crippen LogP contribution in [-0.4, -0.2) is 61.5 Å². The normalized spacial score (nSPS) is 19.0. The molecule has 0 bridgehead atoms. The zero-order valence-corrected chi connectivity index (χ0v) is 16.4. The molecule has 2 atom stereocenters. The van der Waals surface area contributed by atoms with Gasteiger partial charge in [0.25, 0.3) is 0 Å². The first-order valence-electron chi connectivity index (χ1n) is 9.40. The van der Waals surface area contributed by atoms with Gasteiger partial charge in [0, 0.05) is 57.4 Å². The van der Waals surface area contributed by atoms with Gasteiger partial charge in [-0.25, -0.2) is 0 Å². The number of nitrogens with one attached hydrogen (secondary N) is 2. The molecule has 25 heavy (non-hydrogen) atoms. The van der Waals surface area contributed by atoms with Crippen molar-refractivity contribution >= 4 is 11.6 Å². The van der Waals surface area contributed by atoms with Gasteiger partial charge in [0.15, 0.2) is 0 Å². The van der Waals surface area contributed by atoms with Crippen molar-refractivity contribution in [1.29, 1.82) is 0 Å². The van der Waals surface area contributed by atoms with Crippen LogP contribution in [0, 0.1) is 5.92 Å². The summed E-state index contributed by atoms with van der Waals surface area (Å²) in [4.78, 5) is 16.3. The summed E-state index contributed by atoms with van der Waals surface area (Å²) in [5, 5.41) is 6.56. The maximum Gasteiger partial charge on any atom is 0.221 e. The molecule has 2 rings (SSSR count). The molecule has 5 nitrogen and oxygen atoms in total. The van der Waals surface area contributed by atoms with Gasteiger partial charge in [0.05, 0.1) is 0 Å². The molecule has 0 radical (unpaired) electrons. The van der Waals surface area contributed by atoms with Gasteiger partial charge in [-0.3, -0.25) is 9.69 Å². The average molecular weight is 347 g/mol. The SMILES string of the molecule is CC(=O)Nc1cccc(C(C)NCC(C(C)C)N2CCN(C)CC2)c1. The van der Waals surface area contributed by atoms with Gasteiger partial charge >= 0.3 is 0 Å². The number of rotatable bonds is 7. The fraction of sp³-hybridized carbons (Fsp3) is 0.650.